The van der Waals surface area contributed by atoms with Crippen LogP contribution < -0.4 is 5.73 Å². The van der Waals surface area contributed by atoms with E-state index < -0.39 is 10.8 Å². The molecule has 13 heavy (non-hydrogen) atoms. The molecule has 2 unspecified atom stereocenters. The Balaban J connectivity index is 3.64. The molecule has 0 aliphatic rings. The topological polar surface area (TPSA) is 63.4 Å². The molecule has 0 heterocycles. The third kappa shape index (κ3) is 6.72. The van der Waals surface area contributed by atoms with Gasteiger partial charge in [-0.05, 0) is 6.92 Å². The van der Waals surface area contributed by atoms with Gasteiger partial charge in [-0.1, -0.05) is 0 Å². The highest BCUT2D eigenvalue weighted by molar-refractivity contribution is 7.85. The van der Waals surface area contributed by atoms with Crippen LogP contribution in [0.2, 0.25) is 0 Å². The third-order valence-corrected chi connectivity index (χ3v) is 3.05. The number of amides is 1. The molecular formula is C8H18N2O2S. The van der Waals surface area contributed by atoms with Crippen LogP contribution in [0.25, 0.3) is 0 Å². The van der Waals surface area contributed by atoms with Crippen molar-refractivity contribution in [2.45, 2.75) is 19.4 Å². The first-order chi connectivity index (χ1) is 5.93. The molecule has 1 amide bonds. The van der Waals surface area contributed by atoms with E-state index >= 15 is 0 Å². The molecule has 0 saturated carbocycles. The average Bonchev–Trinajstić information content (AvgIpc) is 1.98. The van der Waals surface area contributed by atoms with Crippen molar-refractivity contribution < 1.29 is 9.00 Å². The van der Waals surface area contributed by atoms with Gasteiger partial charge in [-0.2, -0.15) is 0 Å². The van der Waals surface area contributed by atoms with E-state index in [4.69, 9.17) is 5.73 Å². The molecule has 5 heteroatoms. The molecule has 4 nitrogen and oxygen atoms in total. The largest absolute Gasteiger partial charge is 0.349 e. The smallest absolute Gasteiger partial charge is 0.222 e. The van der Waals surface area contributed by atoms with E-state index in [2.05, 4.69) is 0 Å². The van der Waals surface area contributed by atoms with E-state index in [1.54, 1.807) is 14.1 Å². The quantitative estimate of drug-likeness (QED) is 0.663. The van der Waals surface area contributed by atoms with Crippen LogP contribution in [0.3, 0.4) is 0 Å². The first-order valence-corrected chi connectivity index (χ1v) is 5.73. The van der Waals surface area contributed by atoms with E-state index in [1.165, 1.54) is 4.90 Å². The molecule has 0 bridgehead atoms. The molecule has 78 valence electrons. The van der Waals surface area contributed by atoms with E-state index in [1.807, 2.05) is 6.92 Å². The van der Waals surface area contributed by atoms with Crippen molar-refractivity contribution in [3.63, 3.8) is 0 Å². The van der Waals surface area contributed by atoms with Gasteiger partial charge in [0.1, 0.15) is 0 Å². The zero-order valence-electron chi connectivity index (χ0n) is 8.45. The molecule has 0 aliphatic carbocycles. The number of carbonyl (C=O) groups excluding carboxylic acids is 1. The van der Waals surface area contributed by atoms with Gasteiger partial charge >= 0.3 is 0 Å². The maximum Gasteiger partial charge on any atom is 0.222 e. The van der Waals surface area contributed by atoms with Crippen molar-refractivity contribution in [2.24, 2.45) is 5.73 Å². The summed E-state index contributed by atoms with van der Waals surface area (Å²) < 4.78 is 11.2. The van der Waals surface area contributed by atoms with Crippen LogP contribution in [0.1, 0.15) is 13.3 Å². The number of nitrogens with zero attached hydrogens (tertiary/aromatic N) is 1. The summed E-state index contributed by atoms with van der Waals surface area (Å²) in [5, 5.41) is 0. The predicted octanol–water partition coefficient (Wildman–Crippen LogP) is -0.439. The lowest BCUT2D eigenvalue weighted by atomic mass is 10.4. The summed E-state index contributed by atoms with van der Waals surface area (Å²) in [7, 11) is 2.42. The summed E-state index contributed by atoms with van der Waals surface area (Å²) in [5.41, 5.74) is 5.47. The number of nitrogens with two attached hydrogens (primary N) is 1. The van der Waals surface area contributed by atoms with Crippen LogP contribution in [-0.4, -0.2) is 46.7 Å². The summed E-state index contributed by atoms with van der Waals surface area (Å²) >= 11 is 0. The number of rotatable bonds is 5. The highest BCUT2D eigenvalue weighted by atomic mass is 32.2. The van der Waals surface area contributed by atoms with E-state index in [0.717, 1.165) is 0 Å². The maximum atomic E-state index is 11.2. The first-order valence-electron chi connectivity index (χ1n) is 4.24. The van der Waals surface area contributed by atoms with Gasteiger partial charge in [0, 0.05) is 48.9 Å². The SMILES string of the molecule is CC(N)CS(=O)CCC(=O)N(C)C. The second-order valence-corrected chi connectivity index (χ2v) is 4.95. The van der Waals surface area contributed by atoms with Gasteiger partial charge in [-0.15, -0.1) is 0 Å². The molecule has 0 aromatic heterocycles. The van der Waals surface area contributed by atoms with Gasteiger partial charge in [0.25, 0.3) is 0 Å². The van der Waals surface area contributed by atoms with Gasteiger partial charge in [0.05, 0.1) is 0 Å². The van der Waals surface area contributed by atoms with Crippen molar-refractivity contribution in [1.82, 2.24) is 4.90 Å². The molecule has 2 N–H and O–H groups in total. The van der Waals surface area contributed by atoms with Crippen molar-refractivity contribution in [3.05, 3.63) is 0 Å². The van der Waals surface area contributed by atoms with Crippen LogP contribution in [0.5, 0.6) is 0 Å². The summed E-state index contributed by atoms with van der Waals surface area (Å²) in [6, 6.07) is -0.0599. The Morgan fingerprint density at radius 2 is 2.08 bits per heavy atom. The number of carbonyl (C=O) groups is 1. The average molecular weight is 206 g/mol. The van der Waals surface area contributed by atoms with Crippen molar-refractivity contribution in [3.8, 4) is 0 Å². The highest BCUT2D eigenvalue weighted by Crippen LogP contribution is 1.93. The lowest BCUT2D eigenvalue weighted by Gasteiger charge is -2.10. The fraction of sp³-hybridized carbons (Fsp3) is 0.875. The number of hydrogen-bond donors (Lipinski definition) is 1. The van der Waals surface area contributed by atoms with Crippen LogP contribution in [-0.2, 0) is 15.6 Å². The molecular weight excluding hydrogens is 188 g/mol. The van der Waals surface area contributed by atoms with Crippen LogP contribution >= 0.6 is 0 Å². The molecule has 0 spiro atoms. The minimum atomic E-state index is -0.960. The van der Waals surface area contributed by atoms with Gasteiger partial charge < -0.3 is 10.6 Å². The summed E-state index contributed by atoms with van der Waals surface area (Å²) in [5.74, 6) is 0.900. The summed E-state index contributed by atoms with van der Waals surface area (Å²) in [4.78, 5) is 12.6. The second-order valence-electron chi connectivity index (χ2n) is 3.33. The molecule has 0 rings (SSSR count). The van der Waals surface area contributed by atoms with Crippen molar-refractivity contribution >= 4 is 16.7 Å². The van der Waals surface area contributed by atoms with E-state index in [-0.39, 0.29) is 11.9 Å². The van der Waals surface area contributed by atoms with Gasteiger partial charge in [0.15, 0.2) is 0 Å². The van der Waals surface area contributed by atoms with E-state index in [0.29, 0.717) is 17.9 Å². The molecule has 0 saturated heterocycles. The third-order valence-electron chi connectivity index (χ3n) is 1.49. The Hall–Kier alpha value is -0.420. The van der Waals surface area contributed by atoms with E-state index in [9.17, 15) is 9.00 Å². The second kappa shape index (κ2) is 6.10. The van der Waals surface area contributed by atoms with Gasteiger partial charge in [-0.25, -0.2) is 0 Å². The van der Waals surface area contributed by atoms with Gasteiger partial charge in [0.2, 0.25) is 5.91 Å². The highest BCUT2D eigenvalue weighted by Gasteiger charge is 2.08. The zero-order valence-corrected chi connectivity index (χ0v) is 9.26. The summed E-state index contributed by atoms with van der Waals surface area (Å²) in [6.45, 7) is 1.81. The van der Waals surface area contributed by atoms with Crippen LogP contribution in [0, 0.1) is 0 Å². The predicted molar refractivity (Wildman–Crippen MR) is 54.8 cm³/mol. The molecule has 0 aliphatic heterocycles. The van der Waals surface area contributed by atoms with Gasteiger partial charge in [-0.3, -0.25) is 9.00 Å². The molecule has 2 atom stereocenters. The summed E-state index contributed by atoms with van der Waals surface area (Å²) in [6.07, 6.45) is 0.340. The lowest BCUT2D eigenvalue weighted by Crippen LogP contribution is -2.27. The zero-order chi connectivity index (χ0) is 10.4. The Bertz CT molecular complexity index is 193. The van der Waals surface area contributed by atoms with Crippen LogP contribution in [0.15, 0.2) is 0 Å². The molecule has 0 fully saturated rings. The standard InChI is InChI=1S/C8H18N2O2S/c1-7(9)6-13(12)5-4-8(11)10(2)3/h7H,4-6,9H2,1-3H3. The first kappa shape index (κ1) is 12.6. The molecule has 0 aromatic carbocycles. The fourth-order valence-corrected chi connectivity index (χ4v) is 1.96. The Labute approximate surface area is 81.9 Å². The fourth-order valence-electron chi connectivity index (χ4n) is 0.801. The minimum Gasteiger partial charge on any atom is -0.349 e. The van der Waals surface area contributed by atoms with Crippen LogP contribution in [0.4, 0.5) is 0 Å². The van der Waals surface area contributed by atoms with Crippen molar-refractivity contribution in [1.29, 1.82) is 0 Å². The Morgan fingerprint density at radius 1 is 1.54 bits per heavy atom. The normalized spacial score (nSPS) is 15.1. The Morgan fingerprint density at radius 3 is 2.46 bits per heavy atom. The minimum absolute atomic E-state index is 0.0121. The molecule has 0 aromatic rings. The Kier molecular flexibility index (Phi) is 5.90. The maximum absolute atomic E-state index is 11.2. The van der Waals surface area contributed by atoms with Crippen molar-refractivity contribution in [2.75, 3.05) is 25.6 Å². The number of hydrogen-bond acceptors (Lipinski definition) is 3. The lowest BCUT2D eigenvalue weighted by molar-refractivity contribution is -0.128. The monoisotopic (exact) mass is 206 g/mol. The molecule has 0 radical (unpaired) electrons.